The number of hydrogen-bond acceptors (Lipinski definition) is 3. The van der Waals surface area contributed by atoms with E-state index < -0.39 is 5.97 Å². The Kier molecular flexibility index (Phi) is 6.07. The van der Waals surface area contributed by atoms with Gasteiger partial charge in [-0.15, -0.1) is 12.4 Å². The first-order valence-corrected chi connectivity index (χ1v) is 8.13. The number of urea groups is 1. The Bertz CT molecular complexity index is 623. The van der Waals surface area contributed by atoms with Crippen LogP contribution in [0.4, 0.5) is 10.5 Å². The highest BCUT2D eigenvalue weighted by Gasteiger charge is 2.30. The van der Waals surface area contributed by atoms with Crippen LogP contribution in [0.2, 0.25) is 0 Å². The van der Waals surface area contributed by atoms with Gasteiger partial charge in [-0.05, 0) is 43.1 Å². The molecule has 1 fully saturated rings. The number of aliphatic carboxylic acids is 1. The molecule has 0 aliphatic carbocycles. The lowest BCUT2D eigenvalue weighted by molar-refractivity contribution is -0.137. The fourth-order valence-electron chi connectivity index (χ4n) is 3.25. The SMILES string of the molecule is CN1CCc2ccc(N3CCN(CCC(=O)O)C3=O)cc2CC1.Cl. The van der Waals surface area contributed by atoms with Gasteiger partial charge in [0.1, 0.15) is 0 Å². The first-order chi connectivity index (χ1) is 11.0. The highest BCUT2D eigenvalue weighted by Crippen LogP contribution is 2.25. The molecule has 3 rings (SSSR count). The molecule has 24 heavy (non-hydrogen) atoms. The molecule has 0 atom stereocenters. The molecular weight excluding hydrogens is 330 g/mol. The van der Waals surface area contributed by atoms with E-state index in [-0.39, 0.29) is 31.4 Å². The van der Waals surface area contributed by atoms with Crippen LogP contribution >= 0.6 is 12.4 Å². The van der Waals surface area contributed by atoms with Gasteiger partial charge < -0.3 is 14.9 Å². The molecule has 2 heterocycles. The molecule has 1 aromatic rings. The van der Waals surface area contributed by atoms with Crippen molar-refractivity contribution in [2.24, 2.45) is 0 Å². The number of likely N-dealkylation sites (N-methyl/N-ethyl adjacent to an activating group) is 1. The van der Waals surface area contributed by atoms with Crippen molar-refractivity contribution in [3.05, 3.63) is 29.3 Å². The summed E-state index contributed by atoms with van der Waals surface area (Å²) in [7, 11) is 2.14. The van der Waals surface area contributed by atoms with Crippen LogP contribution in [0, 0.1) is 0 Å². The van der Waals surface area contributed by atoms with Crippen molar-refractivity contribution in [3.63, 3.8) is 0 Å². The molecule has 1 aromatic carbocycles. The molecule has 6 nitrogen and oxygen atoms in total. The topological polar surface area (TPSA) is 64.1 Å². The molecule has 132 valence electrons. The molecule has 0 aromatic heterocycles. The molecule has 0 radical (unpaired) electrons. The van der Waals surface area contributed by atoms with Crippen LogP contribution in [-0.4, -0.2) is 66.7 Å². The van der Waals surface area contributed by atoms with Crippen LogP contribution in [0.15, 0.2) is 18.2 Å². The van der Waals surface area contributed by atoms with Crippen molar-refractivity contribution in [3.8, 4) is 0 Å². The summed E-state index contributed by atoms with van der Waals surface area (Å²) in [6, 6.07) is 6.20. The van der Waals surface area contributed by atoms with E-state index in [1.807, 2.05) is 6.07 Å². The number of hydrogen-bond donors (Lipinski definition) is 1. The van der Waals surface area contributed by atoms with Crippen LogP contribution < -0.4 is 4.90 Å². The van der Waals surface area contributed by atoms with Crippen LogP contribution in [0.25, 0.3) is 0 Å². The predicted octanol–water partition coefficient (Wildman–Crippen LogP) is 1.86. The Morgan fingerprint density at radius 1 is 1.12 bits per heavy atom. The largest absolute Gasteiger partial charge is 0.481 e. The monoisotopic (exact) mass is 353 g/mol. The summed E-state index contributed by atoms with van der Waals surface area (Å²) in [5, 5.41) is 8.77. The first-order valence-electron chi connectivity index (χ1n) is 8.13. The van der Waals surface area contributed by atoms with E-state index >= 15 is 0 Å². The minimum absolute atomic E-state index is 0. The van der Waals surface area contributed by atoms with E-state index in [1.165, 1.54) is 11.1 Å². The fourth-order valence-corrected chi connectivity index (χ4v) is 3.25. The van der Waals surface area contributed by atoms with Gasteiger partial charge in [-0.25, -0.2) is 4.79 Å². The molecule has 2 aliphatic rings. The number of carboxylic acids is 1. The summed E-state index contributed by atoms with van der Waals surface area (Å²) in [6.07, 6.45) is 2.05. The van der Waals surface area contributed by atoms with Crippen LogP contribution in [-0.2, 0) is 17.6 Å². The Hall–Kier alpha value is -1.79. The standard InChI is InChI=1S/C17H23N3O3.ClH/c1-18-7-4-13-2-3-15(12-14(13)5-8-18)20-11-10-19(17(20)23)9-6-16(21)22;/h2-3,12H,4-11H2,1H3,(H,21,22);1H. The third-order valence-electron chi connectivity index (χ3n) is 4.72. The summed E-state index contributed by atoms with van der Waals surface area (Å²) in [6.45, 7) is 3.59. The Morgan fingerprint density at radius 3 is 2.54 bits per heavy atom. The van der Waals surface area contributed by atoms with Gasteiger partial charge in [0, 0.05) is 38.4 Å². The van der Waals surface area contributed by atoms with Crippen molar-refractivity contribution < 1.29 is 14.7 Å². The van der Waals surface area contributed by atoms with Crippen molar-refractivity contribution in [2.75, 3.05) is 44.7 Å². The third kappa shape index (κ3) is 3.99. The van der Waals surface area contributed by atoms with E-state index in [9.17, 15) is 9.59 Å². The van der Waals surface area contributed by atoms with Gasteiger partial charge in [0.15, 0.2) is 0 Å². The molecule has 2 amide bonds. The minimum atomic E-state index is -0.870. The molecule has 0 unspecified atom stereocenters. The number of amides is 2. The number of benzene rings is 1. The lowest BCUT2D eigenvalue weighted by Crippen LogP contribution is -2.33. The fraction of sp³-hybridized carbons (Fsp3) is 0.529. The summed E-state index contributed by atoms with van der Waals surface area (Å²) in [5.74, 6) is -0.870. The van der Waals surface area contributed by atoms with Gasteiger partial charge in [-0.2, -0.15) is 0 Å². The number of fused-ring (bicyclic) bond motifs is 1. The number of rotatable bonds is 4. The lowest BCUT2D eigenvalue weighted by atomic mass is 10.0. The van der Waals surface area contributed by atoms with Crippen molar-refractivity contribution in [2.45, 2.75) is 19.3 Å². The number of nitrogens with zero attached hydrogens (tertiary/aromatic N) is 3. The van der Waals surface area contributed by atoms with E-state index in [0.717, 1.165) is 31.6 Å². The molecule has 0 saturated carbocycles. The van der Waals surface area contributed by atoms with E-state index in [2.05, 4.69) is 24.1 Å². The van der Waals surface area contributed by atoms with Crippen molar-refractivity contribution >= 4 is 30.1 Å². The maximum Gasteiger partial charge on any atom is 0.324 e. The summed E-state index contributed by atoms with van der Waals surface area (Å²) >= 11 is 0. The predicted molar refractivity (Wildman–Crippen MR) is 95.2 cm³/mol. The number of carbonyl (C=O) groups is 2. The van der Waals surface area contributed by atoms with Crippen molar-refractivity contribution in [1.82, 2.24) is 9.80 Å². The Balaban J connectivity index is 0.00000208. The van der Waals surface area contributed by atoms with E-state index in [0.29, 0.717) is 13.1 Å². The zero-order valence-corrected chi connectivity index (χ0v) is 14.7. The second-order valence-electron chi connectivity index (χ2n) is 6.32. The Labute approximate surface area is 148 Å². The van der Waals surface area contributed by atoms with Crippen molar-refractivity contribution in [1.29, 1.82) is 0 Å². The van der Waals surface area contributed by atoms with Gasteiger partial charge in [0.25, 0.3) is 0 Å². The highest BCUT2D eigenvalue weighted by molar-refractivity contribution is 5.94. The van der Waals surface area contributed by atoms with Crippen LogP contribution in [0.3, 0.4) is 0 Å². The molecular formula is C17H24ClN3O3. The van der Waals surface area contributed by atoms with Gasteiger partial charge in [0.2, 0.25) is 0 Å². The molecule has 0 bridgehead atoms. The third-order valence-corrected chi connectivity index (χ3v) is 4.72. The summed E-state index contributed by atoms with van der Waals surface area (Å²) in [5.41, 5.74) is 3.62. The van der Waals surface area contributed by atoms with Gasteiger partial charge >= 0.3 is 12.0 Å². The second kappa shape index (κ2) is 7.85. The minimum Gasteiger partial charge on any atom is -0.481 e. The molecule has 2 aliphatic heterocycles. The molecule has 0 spiro atoms. The quantitative estimate of drug-likeness (QED) is 0.897. The van der Waals surface area contributed by atoms with E-state index in [4.69, 9.17) is 5.11 Å². The van der Waals surface area contributed by atoms with Gasteiger partial charge in [0.05, 0.1) is 6.42 Å². The number of carbonyl (C=O) groups excluding carboxylic acids is 1. The first kappa shape index (κ1) is 18.5. The maximum atomic E-state index is 12.5. The molecule has 7 heteroatoms. The normalized spacial score (nSPS) is 18.1. The van der Waals surface area contributed by atoms with E-state index in [1.54, 1.807) is 9.80 Å². The molecule has 1 N–H and O–H groups in total. The zero-order valence-electron chi connectivity index (χ0n) is 13.9. The maximum absolute atomic E-state index is 12.5. The second-order valence-corrected chi connectivity index (χ2v) is 6.32. The highest BCUT2D eigenvalue weighted by atomic mass is 35.5. The average Bonchev–Trinajstić information content (AvgIpc) is 2.79. The lowest BCUT2D eigenvalue weighted by Gasteiger charge is -2.19. The number of halogens is 1. The average molecular weight is 354 g/mol. The zero-order chi connectivity index (χ0) is 16.4. The summed E-state index contributed by atoms with van der Waals surface area (Å²) < 4.78 is 0. The van der Waals surface area contributed by atoms with Gasteiger partial charge in [-0.1, -0.05) is 6.07 Å². The number of carboxylic acid groups (broad SMARTS) is 1. The van der Waals surface area contributed by atoms with Gasteiger partial charge in [-0.3, -0.25) is 9.69 Å². The smallest absolute Gasteiger partial charge is 0.324 e. The number of anilines is 1. The summed E-state index contributed by atoms with van der Waals surface area (Å²) in [4.78, 5) is 28.8. The Morgan fingerprint density at radius 2 is 1.83 bits per heavy atom. The van der Waals surface area contributed by atoms with Crippen LogP contribution in [0.1, 0.15) is 17.5 Å². The van der Waals surface area contributed by atoms with Crippen LogP contribution in [0.5, 0.6) is 0 Å². The molecule has 1 saturated heterocycles.